The van der Waals surface area contributed by atoms with Gasteiger partial charge in [0.1, 0.15) is 0 Å². The Morgan fingerprint density at radius 1 is 1.47 bits per heavy atom. The highest BCUT2D eigenvalue weighted by atomic mass is 32.1. The molecule has 1 rings (SSSR count). The summed E-state index contributed by atoms with van der Waals surface area (Å²) in [5.41, 5.74) is 5.31. The van der Waals surface area contributed by atoms with Gasteiger partial charge in [0, 0.05) is 13.1 Å². The van der Waals surface area contributed by atoms with Gasteiger partial charge >= 0.3 is 0 Å². The highest BCUT2D eigenvalue weighted by Gasteiger charge is 2.14. The Labute approximate surface area is 107 Å². The van der Waals surface area contributed by atoms with Crippen molar-refractivity contribution in [2.45, 2.75) is 20.3 Å². The molecule has 0 atom stereocenters. The van der Waals surface area contributed by atoms with Gasteiger partial charge in [-0.2, -0.15) is 0 Å². The van der Waals surface area contributed by atoms with Gasteiger partial charge in [0.05, 0.1) is 16.3 Å². The average Bonchev–Trinajstić information content (AvgIpc) is 2.81. The molecule has 3 nitrogen and oxygen atoms in total. The van der Waals surface area contributed by atoms with Gasteiger partial charge < -0.3 is 10.6 Å². The molecule has 1 aromatic rings. The molecular formula is C13H18N2OS. The predicted molar refractivity (Wildman–Crippen MR) is 72.1 cm³/mol. The lowest BCUT2D eigenvalue weighted by Gasteiger charge is -2.18. The molecule has 0 aromatic carbocycles. The number of carbonyl (C=O) groups excluding carboxylic acids is 1. The molecule has 0 fully saturated rings. The van der Waals surface area contributed by atoms with E-state index < -0.39 is 0 Å². The van der Waals surface area contributed by atoms with Crippen LogP contribution in [0.3, 0.4) is 0 Å². The van der Waals surface area contributed by atoms with E-state index >= 15 is 0 Å². The zero-order valence-electron chi connectivity index (χ0n) is 10.3. The second kappa shape index (κ2) is 7.10. The number of nitrogens with zero attached hydrogens (tertiary/aromatic N) is 1. The van der Waals surface area contributed by atoms with E-state index in [0.29, 0.717) is 6.54 Å². The molecule has 0 saturated carbocycles. The summed E-state index contributed by atoms with van der Waals surface area (Å²) >= 11 is 1.43. The standard InChI is InChI=1S/C13H18N2OS/c1-3-10-15(4-2)13(16)12-8-7-11(17-12)6-5-9-14/h7-8H,3-4,9-10,14H2,1-2H3. The molecule has 1 aromatic heterocycles. The average molecular weight is 250 g/mol. The molecule has 4 heteroatoms. The van der Waals surface area contributed by atoms with Crippen LogP contribution in [0, 0.1) is 11.8 Å². The molecular weight excluding hydrogens is 232 g/mol. The first-order valence-corrected chi connectivity index (χ1v) is 6.62. The van der Waals surface area contributed by atoms with Gasteiger partial charge in [-0.1, -0.05) is 18.8 Å². The topological polar surface area (TPSA) is 46.3 Å². The van der Waals surface area contributed by atoms with E-state index in [1.165, 1.54) is 11.3 Å². The lowest BCUT2D eigenvalue weighted by molar-refractivity contribution is 0.0769. The van der Waals surface area contributed by atoms with Crippen molar-refractivity contribution < 1.29 is 4.79 Å². The van der Waals surface area contributed by atoms with Crippen LogP contribution < -0.4 is 5.73 Å². The molecule has 0 radical (unpaired) electrons. The Balaban J connectivity index is 2.78. The van der Waals surface area contributed by atoms with Crippen LogP contribution >= 0.6 is 11.3 Å². The SMILES string of the molecule is CCCN(CC)C(=O)c1ccc(C#CCN)s1. The monoisotopic (exact) mass is 250 g/mol. The smallest absolute Gasteiger partial charge is 0.263 e. The maximum absolute atomic E-state index is 12.1. The predicted octanol–water partition coefficient (Wildman–Crippen LogP) is 1.93. The van der Waals surface area contributed by atoms with Gasteiger partial charge in [-0.05, 0) is 25.5 Å². The van der Waals surface area contributed by atoms with Crippen LogP contribution in [-0.4, -0.2) is 30.4 Å². The summed E-state index contributed by atoms with van der Waals surface area (Å²) in [4.78, 5) is 15.6. The Morgan fingerprint density at radius 3 is 2.82 bits per heavy atom. The highest BCUT2D eigenvalue weighted by Crippen LogP contribution is 2.17. The highest BCUT2D eigenvalue weighted by molar-refractivity contribution is 7.14. The molecule has 0 bridgehead atoms. The van der Waals surface area contributed by atoms with Gasteiger partial charge in [-0.25, -0.2) is 0 Å². The first-order valence-electron chi connectivity index (χ1n) is 5.81. The van der Waals surface area contributed by atoms with Crippen LogP contribution in [0.1, 0.15) is 34.8 Å². The van der Waals surface area contributed by atoms with Gasteiger partial charge in [0.25, 0.3) is 5.91 Å². The zero-order chi connectivity index (χ0) is 12.7. The number of amides is 1. The van der Waals surface area contributed by atoms with Crippen molar-refractivity contribution in [1.82, 2.24) is 4.90 Å². The number of hydrogen-bond acceptors (Lipinski definition) is 3. The number of carbonyl (C=O) groups is 1. The Kier molecular flexibility index (Phi) is 5.75. The molecule has 0 unspecified atom stereocenters. The lowest BCUT2D eigenvalue weighted by Crippen LogP contribution is -2.30. The van der Waals surface area contributed by atoms with E-state index in [1.54, 1.807) is 0 Å². The van der Waals surface area contributed by atoms with E-state index in [4.69, 9.17) is 5.73 Å². The minimum absolute atomic E-state index is 0.0974. The van der Waals surface area contributed by atoms with Crippen molar-refractivity contribution in [3.63, 3.8) is 0 Å². The van der Waals surface area contributed by atoms with Crippen LogP contribution in [0.5, 0.6) is 0 Å². The zero-order valence-corrected chi connectivity index (χ0v) is 11.1. The van der Waals surface area contributed by atoms with Crippen LogP contribution in [-0.2, 0) is 0 Å². The summed E-state index contributed by atoms with van der Waals surface area (Å²) in [5.74, 6) is 5.83. The molecule has 0 spiro atoms. The fraction of sp³-hybridized carbons (Fsp3) is 0.462. The molecule has 92 valence electrons. The molecule has 0 aliphatic carbocycles. The van der Waals surface area contributed by atoms with Crippen molar-refractivity contribution in [3.8, 4) is 11.8 Å². The Bertz CT molecular complexity index is 428. The fourth-order valence-electron chi connectivity index (χ4n) is 1.49. The summed E-state index contributed by atoms with van der Waals surface area (Å²) in [5, 5.41) is 0. The van der Waals surface area contributed by atoms with E-state index in [1.807, 2.05) is 24.0 Å². The molecule has 0 saturated heterocycles. The quantitative estimate of drug-likeness (QED) is 0.830. The maximum Gasteiger partial charge on any atom is 0.263 e. The lowest BCUT2D eigenvalue weighted by atomic mass is 10.3. The van der Waals surface area contributed by atoms with Crippen molar-refractivity contribution in [3.05, 3.63) is 21.9 Å². The third-order valence-electron chi connectivity index (χ3n) is 2.29. The van der Waals surface area contributed by atoms with E-state index in [2.05, 4.69) is 18.8 Å². The van der Waals surface area contributed by atoms with Gasteiger partial charge in [-0.15, -0.1) is 11.3 Å². The first kappa shape index (κ1) is 13.8. The third kappa shape index (κ3) is 3.88. The van der Waals surface area contributed by atoms with Crippen LogP contribution in [0.25, 0.3) is 0 Å². The third-order valence-corrected chi connectivity index (χ3v) is 3.28. The number of hydrogen-bond donors (Lipinski definition) is 1. The van der Waals surface area contributed by atoms with Gasteiger partial charge in [0.15, 0.2) is 0 Å². The van der Waals surface area contributed by atoms with E-state index in [9.17, 15) is 4.79 Å². The molecule has 1 heterocycles. The molecule has 1 amide bonds. The summed E-state index contributed by atoms with van der Waals surface area (Å²) in [6, 6.07) is 3.71. The van der Waals surface area contributed by atoms with E-state index in [0.717, 1.165) is 29.3 Å². The van der Waals surface area contributed by atoms with Crippen molar-refractivity contribution >= 4 is 17.2 Å². The van der Waals surface area contributed by atoms with Crippen molar-refractivity contribution in [2.24, 2.45) is 5.73 Å². The van der Waals surface area contributed by atoms with Crippen molar-refractivity contribution in [2.75, 3.05) is 19.6 Å². The van der Waals surface area contributed by atoms with Crippen LogP contribution in [0.15, 0.2) is 12.1 Å². The summed E-state index contributed by atoms with van der Waals surface area (Å²) in [6.07, 6.45) is 0.977. The molecule has 0 aliphatic rings. The summed E-state index contributed by atoms with van der Waals surface area (Å²) in [7, 11) is 0. The molecule has 2 N–H and O–H groups in total. The second-order valence-corrected chi connectivity index (χ2v) is 4.64. The van der Waals surface area contributed by atoms with E-state index in [-0.39, 0.29) is 5.91 Å². The van der Waals surface area contributed by atoms with Crippen LogP contribution in [0.2, 0.25) is 0 Å². The summed E-state index contributed by atoms with van der Waals surface area (Å²) in [6.45, 7) is 5.96. The number of thiophene rings is 1. The Hall–Kier alpha value is -1.31. The number of rotatable bonds is 4. The first-order chi connectivity index (χ1) is 8.22. The largest absolute Gasteiger partial charge is 0.338 e. The number of nitrogens with two attached hydrogens (primary N) is 1. The second-order valence-electron chi connectivity index (χ2n) is 3.55. The fourth-order valence-corrected chi connectivity index (χ4v) is 2.34. The van der Waals surface area contributed by atoms with Gasteiger partial charge in [0.2, 0.25) is 0 Å². The molecule has 17 heavy (non-hydrogen) atoms. The van der Waals surface area contributed by atoms with Gasteiger partial charge in [-0.3, -0.25) is 4.79 Å². The summed E-state index contributed by atoms with van der Waals surface area (Å²) < 4.78 is 0. The molecule has 0 aliphatic heterocycles. The normalized spacial score (nSPS) is 9.59. The van der Waals surface area contributed by atoms with Crippen molar-refractivity contribution in [1.29, 1.82) is 0 Å². The maximum atomic E-state index is 12.1. The Morgan fingerprint density at radius 2 is 2.24 bits per heavy atom. The minimum Gasteiger partial charge on any atom is -0.338 e. The minimum atomic E-state index is 0.0974. The van der Waals surface area contributed by atoms with Crippen LogP contribution in [0.4, 0.5) is 0 Å².